The highest BCUT2D eigenvalue weighted by Crippen LogP contribution is 2.41. The fourth-order valence-electron chi connectivity index (χ4n) is 17.7. The van der Waals surface area contributed by atoms with Crippen LogP contribution in [-0.4, -0.2) is 540 Å². The zero-order valence-corrected chi connectivity index (χ0v) is 73.5. The van der Waals surface area contributed by atoms with Crippen molar-refractivity contribution in [3.05, 3.63) is 0 Å². The van der Waals surface area contributed by atoms with Crippen molar-refractivity contribution in [2.24, 2.45) is 0 Å². The van der Waals surface area contributed by atoms with Gasteiger partial charge in [0.25, 0.3) is 0 Å². The number of aliphatic hydroxyl groups is 24. The van der Waals surface area contributed by atoms with Gasteiger partial charge >= 0.3 is 12.0 Å². The maximum atomic E-state index is 13.8. The van der Waals surface area contributed by atoms with Gasteiger partial charge in [0, 0.05) is 45.1 Å². The summed E-state index contributed by atoms with van der Waals surface area (Å²) in [5.41, 5.74) is 0. The summed E-state index contributed by atoms with van der Waals surface area (Å²) in [5, 5.41) is 300. The number of fused-ring (bicyclic) bond motifs is 1. The number of urea groups is 1. The van der Waals surface area contributed by atoms with Crippen molar-refractivity contribution >= 4 is 59.2 Å². The van der Waals surface area contributed by atoms with Crippen LogP contribution in [0.4, 0.5) is 4.79 Å². The monoisotopic (exact) mass is 1980 g/mol. The Kier molecular flexibility index (Phi) is 39.7. The van der Waals surface area contributed by atoms with Gasteiger partial charge in [-0.1, -0.05) is 6.42 Å². The first kappa shape index (κ1) is 110. The van der Waals surface area contributed by atoms with Gasteiger partial charge in [-0.2, -0.15) is 11.8 Å². The average molecular weight is 1980 g/mol. The van der Waals surface area contributed by atoms with Gasteiger partial charge in [-0.25, -0.2) is 9.59 Å². The van der Waals surface area contributed by atoms with Crippen LogP contribution in [-0.2, 0) is 114 Å². The second-order valence-corrected chi connectivity index (χ2v) is 35.6. The van der Waals surface area contributed by atoms with Crippen LogP contribution in [0.25, 0.3) is 0 Å². The van der Waals surface area contributed by atoms with Crippen molar-refractivity contribution in [3.63, 3.8) is 0 Å². The zero-order chi connectivity index (χ0) is 98.9. The van der Waals surface area contributed by atoms with Gasteiger partial charge in [0.15, 0.2) is 56.5 Å². The molecule has 0 aromatic heterocycles. The van der Waals surface area contributed by atoms with Crippen molar-refractivity contribution in [2.75, 3.05) is 65.2 Å². The van der Waals surface area contributed by atoms with Crippen LogP contribution in [0, 0.1) is 0 Å². The van der Waals surface area contributed by atoms with Gasteiger partial charge in [0.05, 0.1) is 78.0 Å². The van der Waals surface area contributed by atoms with E-state index in [-0.39, 0.29) is 29.8 Å². The smallest absolute Gasteiger partial charge is 0.326 e. The predicted molar refractivity (Wildman–Crippen MR) is 428 cm³/mol. The Balaban J connectivity index is 0.870. The van der Waals surface area contributed by atoms with E-state index in [1.807, 2.05) is 0 Å². The van der Waals surface area contributed by atoms with Gasteiger partial charge in [-0.15, -0.1) is 0 Å². The molecule has 0 spiro atoms. The molecule has 11 saturated heterocycles. The minimum Gasteiger partial charge on any atom is -0.480 e. The molecule has 11 fully saturated rings. The highest BCUT2D eigenvalue weighted by Gasteiger charge is 2.62. The summed E-state index contributed by atoms with van der Waals surface area (Å²) in [6.45, 7) is -6.62. The standard InChI is InChI=1S/C76H124N8O50S/c1-20(93)77-39-48(104)59(30(14-89)119-66(39)83-37(98)9-24(67(115)116)81-36(97)8-6-5-7-35-38-25(19-135-35)82-76(117)84-38)128-68-40(78-21(2)94)49(105)62(33(17-92)124-68)131-73-58(114)63(132-75-65(55(111)46(102)29(13-88)123-75)134-70-42(80-23(4)96)51(107)61(32(16-91)126-70)130-72-57(113)53(109)44(100)27(11-86)121-72)47(103)34(127-73)18-118-74-64(54(110)45(101)28(12-87)122-74)133-69-41(79-22(3)95)50(106)60(31(15-90)125-69)129-71-56(112)52(108)43(99)26(10-85)120-71/h24-35,38-66,68-75,85-92,99-114H,5-19H2,1-4H3,(H,77,93)(H,78,94)(H,79,95)(H,80,96)(H,81,97)(H,83,98)(H,115,116)(H2,82,84,117)/t24?,25?,26?,27?,28?,29?,30?,31-,32?,33?,34?,35?,38?,39?,40?,41?,42?,43+,44+,45+,46+,47+,48-,49-,50?,51-,52+,53+,54+,55?,56?,57?,58?,59+,60-,61+,62+,63+,64?,65?,66-,68+,69-,70+,71+,72+,73+,74-,75+/m1/s1. The van der Waals surface area contributed by atoms with E-state index in [0.717, 1.165) is 27.7 Å². The Morgan fingerprint density at radius 2 is 0.704 bits per heavy atom. The van der Waals surface area contributed by atoms with Crippen LogP contribution >= 0.6 is 11.8 Å². The minimum atomic E-state index is -2.65. The molecule has 0 aromatic rings. The lowest BCUT2D eigenvalue weighted by atomic mass is 9.93. The summed E-state index contributed by atoms with van der Waals surface area (Å²) in [6, 6.07) is -10.1. The lowest BCUT2D eigenvalue weighted by Gasteiger charge is -2.51. The van der Waals surface area contributed by atoms with Crippen molar-refractivity contribution in [1.82, 2.24) is 42.5 Å². The number of aliphatic carboxylic acids is 1. The number of rotatable bonds is 39. The maximum Gasteiger partial charge on any atom is 0.326 e. The minimum absolute atomic E-state index is 0.0482. The molecule has 11 rings (SSSR count). The number of thioether (sulfide) groups is 1. The first-order chi connectivity index (χ1) is 64.0. The number of amides is 8. The van der Waals surface area contributed by atoms with E-state index < -0.39 is 389 Å². The van der Waals surface area contributed by atoms with Crippen LogP contribution in [0.15, 0.2) is 0 Å². The Bertz CT molecular complexity index is 3860. The quantitative estimate of drug-likeness (QED) is 0.0201. The molecular weight excluding hydrogens is 1860 g/mol. The van der Waals surface area contributed by atoms with E-state index in [0.29, 0.717) is 25.0 Å². The number of hydrogen-bond donors (Lipinski definition) is 33. The molecule has 33 N–H and O–H groups in total. The molecular formula is C76H124N8O50S. The van der Waals surface area contributed by atoms with Crippen molar-refractivity contribution < 1.29 is 247 Å². The van der Waals surface area contributed by atoms with Crippen LogP contribution < -0.4 is 42.5 Å². The number of hydrogen-bond acceptors (Lipinski definition) is 50. The third-order valence-corrected chi connectivity index (χ3v) is 26.3. The highest BCUT2D eigenvalue weighted by atomic mass is 32.2. The number of unbranched alkanes of at least 4 members (excludes halogenated alkanes) is 1. The van der Waals surface area contributed by atoms with E-state index in [4.69, 9.17) is 80.5 Å². The lowest BCUT2D eigenvalue weighted by Crippen LogP contribution is -2.72. The SMILES string of the molecule is CC(=O)NC1C(O)[C@H](O[C@@H]2OC(CO)[C@H](O)[C@H](O)C2O)[C@@H](CO)O[C@@H]1OC1[C@H](OCC2O[C@@H](O[C@H]3C(CO)O[C@@H](O[C@H]4C(CO)O[C@@H](NC(=O)CC(NC(=O)CCCCC5SCC6NC(=O)NC65)C(=O)O)C(NC(C)=O)[C@H]4O)C(NC(C)=O)[C@H]3O)C(O)[C@@H](O[C@@H]3OC(CO)[C@H](O)C(O)C3O[C@@H]3OC(CO)[C@H](O[C@@H]4OC(CO)[C@H](O)[C@H](O)C4O)[C@H](O)C3NC(C)=O)[C@H]2O)OC(CO)[C@H](O)[C@@H]1O. The van der Waals surface area contributed by atoms with Gasteiger partial charge in [-0.05, 0) is 12.8 Å². The molecule has 0 aromatic carbocycles. The summed E-state index contributed by atoms with van der Waals surface area (Å²) in [5.74, 6) is -6.74. The fraction of sp³-hybridized carbons (Fsp3) is 0.895. The summed E-state index contributed by atoms with van der Waals surface area (Å²) in [6.07, 6.45) is -87.3. The summed E-state index contributed by atoms with van der Waals surface area (Å²) >= 11 is 1.65. The Morgan fingerprint density at radius 1 is 0.356 bits per heavy atom. The summed E-state index contributed by atoms with van der Waals surface area (Å²) < 4.78 is 102. The first-order valence-corrected chi connectivity index (χ1v) is 44.5. The second kappa shape index (κ2) is 48.8. The second-order valence-electron chi connectivity index (χ2n) is 34.3. The molecule has 11 aliphatic heterocycles. The van der Waals surface area contributed by atoms with E-state index in [1.54, 1.807) is 11.8 Å². The van der Waals surface area contributed by atoms with E-state index in [9.17, 15) is 166 Å². The zero-order valence-electron chi connectivity index (χ0n) is 72.7. The third-order valence-electron chi connectivity index (χ3n) is 24.8. The number of carboxylic acids is 1. The van der Waals surface area contributed by atoms with Crippen LogP contribution in [0.3, 0.4) is 0 Å². The molecule has 11 heterocycles. The molecule has 135 heavy (non-hydrogen) atoms. The number of carboxylic acid groups (broad SMARTS) is 1. The molecule has 11 aliphatic rings. The van der Waals surface area contributed by atoms with Gasteiger partial charge in [-0.3, -0.25) is 28.8 Å². The number of nitrogens with one attached hydrogen (secondary N) is 8. The lowest BCUT2D eigenvalue weighted by molar-refractivity contribution is -0.398. The maximum absolute atomic E-state index is 13.8. The molecule has 49 atom stereocenters. The predicted octanol–water partition coefficient (Wildman–Crippen LogP) is -20.2. The molecule has 23 unspecified atom stereocenters. The number of carbonyl (C=O) groups excluding carboxylic acids is 7. The van der Waals surface area contributed by atoms with Crippen molar-refractivity contribution in [2.45, 2.75) is 359 Å². The van der Waals surface area contributed by atoms with Crippen molar-refractivity contribution in [3.8, 4) is 0 Å². The number of aliphatic hydroxyl groups excluding tert-OH is 24. The molecule has 8 amide bonds. The van der Waals surface area contributed by atoms with E-state index in [2.05, 4.69) is 42.5 Å². The molecule has 0 aliphatic carbocycles. The average Bonchev–Trinajstić information content (AvgIpc) is 1.10. The third kappa shape index (κ3) is 25.5. The summed E-state index contributed by atoms with van der Waals surface area (Å²) in [4.78, 5) is 104. The largest absolute Gasteiger partial charge is 0.480 e. The Hall–Kier alpha value is -5.73. The van der Waals surface area contributed by atoms with Crippen LogP contribution in [0.2, 0.25) is 0 Å². The Morgan fingerprint density at radius 3 is 1.13 bits per heavy atom. The van der Waals surface area contributed by atoms with Crippen molar-refractivity contribution in [1.29, 1.82) is 0 Å². The van der Waals surface area contributed by atoms with Gasteiger partial charge < -0.3 is 251 Å². The molecule has 0 radical (unpaired) electrons. The fourth-order valence-corrected chi connectivity index (χ4v) is 19.3. The first-order valence-electron chi connectivity index (χ1n) is 43.5. The molecule has 0 saturated carbocycles. The van der Waals surface area contributed by atoms with Crippen LogP contribution in [0.5, 0.6) is 0 Å². The molecule has 59 heteroatoms. The highest BCUT2D eigenvalue weighted by molar-refractivity contribution is 8.00. The molecule has 58 nitrogen and oxygen atoms in total. The molecule has 0 bridgehead atoms. The molecule has 774 valence electrons. The van der Waals surface area contributed by atoms with Crippen LogP contribution in [0.1, 0.15) is 59.8 Å². The normalized spacial score (nSPS) is 45.3. The van der Waals surface area contributed by atoms with Gasteiger partial charge in [0.1, 0.15) is 226 Å². The van der Waals surface area contributed by atoms with E-state index >= 15 is 0 Å². The summed E-state index contributed by atoms with van der Waals surface area (Å²) in [7, 11) is 0. The number of carbonyl (C=O) groups is 8. The number of ether oxygens (including phenoxy) is 17. The van der Waals surface area contributed by atoms with E-state index in [1.165, 1.54) is 0 Å². The Labute approximate surface area is 770 Å². The topological polar surface area (TPSA) is 895 Å². The van der Waals surface area contributed by atoms with Gasteiger partial charge in [0.2, 0.25) is 35.4 Å².